The van der Waals surface area contributed by atoms with Gasteiger partial charge in [-0.2, -0.15) is 0 Å². The minimum absolute atomic E-state index is 0.0661. The minimum atomic E-state index is -3.23. The van der Waals surface area contributed by atoms with E-state index >= 15 is 0 Å². The summed E-state index contributed by atoms with van der Waals surface area (Å²) in [6.07, 6.45) is 20.1. The summed E-state index contributed by atoms with van der Waals surface area (Å²) in [5, 5.41) is 12.1. The molecule has 4 heterocycles. The summed E-state index contributed by atoms with van der Waals surface area (Å²) in [4.78, 5) is 43.5. The summed E-state index contributed by atoms with van der Waals surface area (Å²) >= 11 is 0. The largest absolute Gasteiger partial charge is 0.478 e. The second-order valence-electron chi connectivity index (χ2n) is 20.3. The molecule has 0 spiro atoms. The van der Waals surface area contributed by atoms with E-state index in [0.717, 1.165) is 69.8 Å². The minimum Gasteiger partial charge on any atom is -0.478 e. The van der Waals surface area contributed by atoms with E-state index in [9.17, 15) is 26.4 Å². The Morgan fingerprint density at radius 3 is 1.42 bits per heavy atom. The zero-order valence-electron chi connectivity index (χ0n) is 41.6. The molecule has 4 aliphatic carbocycles. The standard InChI is InChI=1S/C27H34N4O3S.C18H23N3O2.C9H13NO2S/c1-3-35(33,34)23-12-8-20(9-13-23)16-29-27(32)21-15-24-26(28-17-21)31(22-10-11-22)25(30-24)14-19-6-4-18(2)5-7-19;1-11-2-4-12(5-3-11)8-16-20-15-9-13(18(22)23)10-19-17(15)21(16)14-6-7-14;1-2-13(11,12)9-5-3-8(7-10)4-6-9/h8-9,12-13,15,17-19,22H,3-7,10-11,14,16H2,1-2H3,(H,29,32);9-12,14H,2-8H2,1H3,(H,22,23);3-6H,2,7,10H2,1H3. The normalized spacial score (nSPS) is 20.4. The molecule has 15 nitrogen and oxygen atoms in total. The fourth-order valence-corrected chi connectivity index (χ4v) is 11.6. The van der Waals surface area contributed by atoms with Crippen molar-refractivity contribution in [3.8, 4) is 0 Å². The summed E-state index contributed by atoms with van der Waals surface area (Å²) in [5.74, 6) is 4.35. The topological polar surface area (TPSA) is 222 Å². The number of nitrogens with zero attached hydrogens (tertiary/aromatic N) is 6. The van der Waals surface area contributed by atoms with E-state index in [-0.39, 0.29) is 23.0 Å². The Morgan fingerprint density at radius 2 is 1.03 bits per heavy atom. The molecule has 0 aliphatic heterocycles. The summed E-state index contributed by atoms with van der Waals surface area (Å²) in [6.45, 7) is 8.69. The molecule has 4 N–H and O–H groups in total. The molecule has 17 heteroatoms. The maximum atomic E-state index is 12.8. The lowest BCUT2D eigenvalue weighted by Gasteiger charge is -2.26. The number of carbonyl (C=O) groups excluding carboxylic acids is 1. The van der Waals surface area contributed by atoms with Gasteiger partial charge in [-0.3, -0.25) is 4.79 Å². The number of fused-ring (bicyclic) bond motifs is 2. The highest BCUT2D eigenvalue weighted by molar-refractivity contribution is 7.91. The number of aromatic carboxylic acids is 1. The number of carbonyl (C=O) groups is 2. The number of amides is 1. The third-order valence-corrected chi connectivity index (χ3v) is 18.3. The van der Waals surface area contributed by atoms with Gasteiger partial charge in [-0.15, -0.1) is 0 Å². The first-order chi connectivity index (χ1) is 34.0. The molecule has 4 fully saturated rings. The van der Waals surface area contributed by atoms with Crippen molar-refractivity contribution in [2.45, 2.75) is 153 Å². The third-order valence-electron chi connectivity index (χ3n) is 14.8. The number of nitrogens with two attached hydrogens (primary N) is 1. The average molecular weight is 1010 g/mol. The number of hydrogen-bond acceptors (Lipinski definition) is 11. The van der Waals surface area contributed by atoms with Crippen LogP contribution in [-0.2, 0) is 45.6 Å². The Labute approximate surface area is 418 Å². The van der Waals surface area contributed by atoms with E-state index < -0.39 is 25.6 Å². The van der Waals surface area contributed by atoms with Crippen molar-refractivity contribution in [1.82, 2.24) is 34.4 Å². The molecule has 71 heavy (non-hydrogen) atoms. The quantitative estimate of drug-likeness (QED) is 0.0875. The second kappa shape index (κ2) is 22.5. The molecule has 6 aromatic rings. The highest BCUT2D eigenvalue weighted by Crippen LogP contribution is 2.41. The van der Waals surface area contributed by atoms with Gasteiger partial charge in [0, 0.05) is 50.4 Å². The van der Waals surface area contributed by atoms with Crippen LogP contribution in [0.1, 0.15) is 160 Å². The first-order valence-corrected chi connectivity index (χ1v) is 28.9. The van der Waals surface area contributed by atoms with Crippen LogP contribution >= 0.6 is 0 Å². The van der Waals surface area contributed by atoms with Crippen molar-refractivity contribution in [2.24, 2.45) is 29.4 Å². The zero-order chi connectivity index (χ0) is 50.5. The number of imidazole rings is 2. The Bertz CT molecular complexity index is 3040. The number of nitrogens with one attached hydrogen (secondary N) is 1. The Balaban J connectivity index is 0.000000160. The van der Waals surface area contributed by atoms with Gasteiger partial charge in [-0.05, 0) is 123 Å². The van der Waals surface area contributed by atoms with Crippen molar-refractivity contribution in [2.75, 3.05) is 11.5 Å². The number of sulfone groups is 2. The molecule has 0 bridgehead atoms. The van der Waals surface area contributed by atoms with Crippen LogP contribution in [-0.4, -0.2) is 74.4 Å². The molecule has 0 atom stereocenters. The number of carboxylic acid groups (broad SMARTS) is 1. The number of aromatic nitrogens is 6. The Morgan fingerprint density at radius 1 is 0.620 bits per heavy atom. The highest BCUT2D eigenvalue weighted by Gasteiger charge is 2.32. The van der Waals surface area contributed by atoms with E-state index in [1.807, 2.05) is 6.07 Å². The van der Waals surface area contributed by atoms with Crippen LogP contribution in [0.4, 0.5) is 0 Å². The lowest BCUT2D eigenvalue weighted by molar-refractivity contribution is 0.0696. The predicted octanol–water partition coefficient (Wildman–Crippen LogP) is 9.63. The molecule has 2 aromatic carbocycles. The monoisotopic (exact) mass is 1010 g/mol. The third kappa shape index (κ3) is 12.9. The van der Waals surface area contributed by atoms with Crippen LogP contribution in [0, 0.1) is 23.7 Å². The van der Waals surface area contributed by atoms with Crippen LogP contribution in [0.25, 0.3) is 22.3 Å². The Hall–Kier alpha value is -5.52. The zero-order valence-corrected chi connectivity index (χ0v) is 43.2. The van der Waals surface area contributed by atoms with Crippen LogP contribution in [0.15, 0.2) is 82.8 Å². The maximum Gasteiger partial charge on any atom is 0.337 e. The van der Waals surface area contributed by atoms with Crippen molar-refractivity contribution >= 4 is 53.9 Å². The Kier molecular flexibility index (Phi) is 16.4. The second-order valence-corrected chi connectivity index (χ2v) is 24.9. The van der Waals surface area contributed by atoms with Gasteiger partial charge < -0.3 is 25.3 Å². The van der Waals surface area contributed by atoms with Crippen molar-refractivity contribution in [1.29, 1.82) is 0 Å². The van der Waals surface area contributed by atoms with Crippen molar-refractivity contribution < 1.29 is 31.5 Å². The van der Waals surface area contributed by atoms with E-state index in [1.54, 1.807) is 74.6 Å². The molecule has 10 rings (SSSR count). The summed E-state index contributed by atoms with van der Waals surface area (Å²) in [6, 6.07) is 17.8. The van der Waals surface area contributed by atoms with E-state index in [1.165, 1.54) is 83.2 Å². The molecule has 380 valence electrons. The van der Waals surface area contributed by atoms with Crippen molar-refractivity contribution in [3.63, 3.8) is 0 Å². The van der Waals surface area contributed by atoms with E-state index in [4.69, 9.17) is 20.8 Å². The highest BCUT2D eigenvalue weighted by atomic mass is 32.2. The fourth-order valence-electron chi connectivity index (χ4n) is 9.87. The number of pyridine rings is 2. The average Bonchev–Trinajstić information content (AvgIpc) is 4.33. The van der Waals surface area contributed by atoms with Gasteiger partial charge in [0.15, 0.2) is 31.0 Å². The summed E-state index contributed by atoms with van der Waals surface area (Å²) < 4.78 is 51.3. The lowest BCUT2D eigenvalue weighted by Crippen LogP contribution is -2.23. The van der Waals surface area contributed by atoms with Gasteiger partial charge >= 0.3 is 5.97 Å². The van der Waals surface area contributed by atoms with Crippen LogP contribution in [0.5, 0.6) is 0 Å². The molecule has 0 saturated heterocycles. The van der Waals surface area contributed by atoms with Gasteiger partial charge in [-0.25, -0.2) is 41.6 Å². The fraction of sp³-hybridized carbons (Fsp3) is 0.519. The predicted molar refractivity (Wildman–Crippen MR) is 276 cm³/mol. The molecule has 1 amide bonds. The van der Waals surface area contributed by atoms with Gasteiger partial charge in [0.1, 0.15) is 22.7 Å². The number of hydrogen-bond donors (Lipinski definition) is 3. The smallest absolute Gasteiger partial charge is 0.337 e. The van der Waals surface area contributed by atoms with Crippen LogP contribution in [0.3, 0.4) is 0 Å². The number of carboxylic acids is 1. The molecule has 4 aliphatic rings. The lowest BCUT2D eigenvalue weighted by atomic mass is 9.81. The summed E-state index contributed by atoms with van der Waals surface area (Å²) in [7, 11) is -6.29. The number of benzene rings is 2. The van der Waals surface area contributed by atoms with Crippen LogP contribution in [0.2, 0.25) is 0 Å². The SMILES string of the molecule is CC1CCC(Cc2nc3cc(C(=O)O)cnc3n2C2CC2)CC1.CCS(=O)(=O)c1ccc(CN)cc1.CCS(=O)(=O)c1ccc(CNC(=O)c2cnc3c(c2)nc(CC2CCC(C)CC2)n3C2CC2)cc1. The first kappa shape index (κ1) is 51.8. The molecule has 4 aromatic heterocycles. The summed E-state index contributed by atoms with van der Waals surface area (Å²) in [5.41, 5.74) is 11.1. The van der Waals surface area contributed by atoms with Gasteiger partial charge in [0.05, 0.1) is 32.4 Å². The van der Waals surface area contributed by atoms with E-state index in [0.29, 0.717) is 52.4 Å². The molecule has 0 unspecified atom stereocenters. The van der Waals surface area contributed by atoms with E-state index in [2.05, 4.69) is 38.3 Å². The van der Waals surface area contributed by atoms with Crippen molar-refractivity contribution in [3.05, 3.63) is 107 Å². The maximum absolute atomic E-state index is 12.8. The van der Waals surface area contributed by atoms with Gasteiger partial charge in [0.2, 0.25) is 0 Å². The first-order valence-electron chi connectivity index (χ1n) is 25.6. The molecule has 4 saturated carbocycles. The van der Waals surface area contributed by atoms with Crippen LogP contribution < -0.4 is 11.1 Å². The van der Waals surface area contributed by atoms with Gasteiger partial charge in [-0.1, -0.05) is 77.6 Å². The molecular weight excluding hydrogens is 937 g/mol. The number of rotatable bonds is 15. The van der Waals surface area contributed by atoms with Gasteiger partial charge in [0.25, 0.3) is 5.91 Å². The molecule has 0 radical (unpaired) electrons. The molecular formula is C54H70N8O7S2.